The number of likely N-dealkylation sites (tertiary alicyclic amines) is 1. The normalized spacial score (nSPS) is 18.3. The van der Waals surface area contributed by atoms with Crippen LogP contribution >= 0.6 is 0 Å². The van der Waals surface area contributed by atoms with Crippen molar-refractivity contribution in [1.29, 1.82) is 0 Å². The minimum atomic E-state index is -0.539. The second kappa shape index (κ2) is 7.03. The standard InChI is InChI=1S/C14H18N2O5/c17-9-11-4-3-7-15(8-11)14(18)10-21-13-6-2-1-5-12(13)16(19)20/h1-2,5-6,11,17H,3-4,7-10H2. The predicted octanol–water partition coefficient (Wildman–Crippen LogP) is 1.20. The van der Waals surface area contributed by atoms with E-state index < -0.39 is 4.92 Å². The number of aliphatic hydroxyl groups excluding tert-OH is 1. The molecule has 0 saturated carbocycles. The van der Waals surface area contributed by atoms with Crippen LogP contribution in [0.1, 0.15) is 12.8 Å². The van der Waals surface area contributed by atoms with Gasteiger partial charge in [0.2, 0.25) is 0 Å². The van der Waals surface area contributed by atoms with Gasteiger partial charge in [-0.25, -0.2) is 0 Å². The largest absolute Gasteiger partial charge is 0.477 e. The van der Waals surface area contributed by atoms with Crippen LogP contribution in [0, 0.1) is 16.0 Å². The molecule has 1 aliphatic rings. The third-order valence-electron chi connectivity index (χ3n) is 3.54. The lowest BCUT2D eigenvalue weighted by Gasteiger charge is -2.31. The fourth-order valence-electron chi connectivity index (χ4n) is 2.40. The summed E-state index contributed by atoms with van der Waals surface area (Å²) in [6.45, 7) is 0.975. The SMILES string of the molecule is O=C(COc1ccccc1[N+](=O)[O-])N1CCCC(CO)C1. The molecule has 1 saturated heterocycles. The van der Waals surface area contributed by atoms with E-state index >= 15 is 0 Å². The number of piperidine rings is 1. The topological polar surface area (TPSA) is 92.9 Å². The lowest BCUT2D eigenvalue weighted by Crippen LogP contribution is -2.43. The van der Waals surface area contributed by atoms with Crippen LogP contribution in [-0.2, 0) is 4.79 Å². The van der Waals surface area contributed by atoms with Crippen LogP contribution in [0.15, 0.2) is 24.3 Å². The molecule has 1 aromatic carbocycles. The van der Waals surface area contributed by atoms with E-state index in [1.165, 1.54) is 12.1 Å². The highest BCUT2D eigenvalue weighted by Gasteiger charge is 2.24. The highest BCUT2D eigenvalue weighted by molar-refractivity contribution is 5.78. The maximum atomic E-state index is 12.1. The molecule has 2 rings (SSSR count). The number of carbonyl (C=O) groups is 1. The highest BCUT2D eigenvalue weighted by atomic mass is 16.6. The fourth-order valence-corrected chi connectivity index (χ4v) is 2.40. The van der Waals surface area contributed by atoms with Gasteiger partial charge in [0.25, 0.3) is 5.91 Å². The summed E-state index contributed by atoms with van der Waals surface area (Å²) in [7, 11) is 0. The number of nitro groups is 1. The first-order valence-corrected chi connectivity index (χ1v) is 6.86. The molecule has 114 valence electrons. The fraction of sp³-hybridized carbons (Fsp3) is 0.500. The Hall–Kier alpha value is -2.15. The summed E-state index contributed by atoms with van der Waals surface area (Å²) in [4.78, 5) is 24.0. The molecule has 0 aromatic heterocycles. The number of benzene rings is 1. The number of rotatable bonds is 5. The first-order chi connectivity index (χ1) is 10.1. The second-order valence-corrected chi connectivity index (χ2v) is 5.04. The van der Waals surface area contributed by atoms with Crippen molar-refractivity contribution < 1.29 is 19.6 Å². The second-order valence-electron chi connectivity index (χ2n) is 5.04. The van der Waals surface area contributed by atoms with Crippen LogP contribution in [0.3, 0.4) is 0 Å². The van der Waals surface area contributed by atoms with Gasteiger partial charge in [0.1, 0.15) is 0 Å². The molecule has 21 heavy (non-hydrogen) atoms. The van der Waals surface area contributed by atoms with Gasteiger partial charge in [-0.2, -0.15) is 0 Å². The summed E-state index contributed by atoms with van der Waals surface area (Å²) in [5.41, 5.74) is -0.155. The summed E-state index contributed by atoms with van der Waals surface area (Å²) in [5.74, 6) is -0.0216. The Morgan fingerprint density at radius 3 is 2.95 bits per heavy atom. The molecular weight excluding hydrogens is 276 g/mol. The summed E-state index contributed by atoms with van der Waals surface area (Å²) in [5, 5.41) is 20.0. The molecule has 1 unspecified atom stereocenters. The monoisotopic (exact) mass is 294 g/mol. The van der Waals surface area contributed by atoms with Crippen LogP contribution in [0.5, 0.6) is 5.75 Å². The van der Waals surface area contributed by atoms with E-state index in [4.69, 9.17) is 9.84 Å². The Balaban J connectivity index is 1.94. The minimum absolute atomic E-state index is 0.0643. The van der Waals surface area contributed by atoms with E-state index in [1.807, 2.05) is 0 Å². The summed E-state index contributed by atoms with van der Waals surface area (Å²) in [6.07, 6.45) is 1.76. The smallest absolute Gasteiger partial charge is 0.310 e. The van der Waals surface area contributed by atoms with Gasteiger partial charge < -0.3 is 14.7 Å². The first kappa shape index (κ1) is 15.2. The number of nitrogens with zero attached hydrogens (tertiary/aromatic N) is 2. The van der Waals surface area contributed by atoms with Gasteiger partial charge in [-0.1, -0.05) is 12.1 Å². The Kier molecular flexibility index (Phi) is 5.10. The number of para-hydroxylation sites is 2. The number of hydrogen-bond donors (Lipinski definition) is 1. The van der Waals surface area contributed by atoms with Crippen LogP contribution in [-0.4, -0.2) is 47.1 Å². The van der Waals surface area contributed by atoms with E-state index in [2.05, 4.69) is 0 Å². The summed E-state index contributed by atoms with van der Waals surface area (Å²) in [6, 6.07) is 5.97. The average molecular weight is 294 g/mol. The van der Waals surface area contributed by atoms with Gasteiger partial charge in [-0.05, 0) is 24.8 Å². The molecule has 1 amide bonds. The predicted molar refractivity (Wildman–Crippen MR) is 75.0 cm³/mol. The van der Waals surface area contributed by atoms with E-state index in [0.717, 1.165) is 12.8 Å². The molecule has 0 spiro atoms. The highest BCUT2D eigenvalue weighted by Crippen LogP contribution is 2.26. The lowest BCUT2D eigenvalue weighted by molar-refractivity contribution is -0.385. The van der Waals surface area contributed by atoms with Crippen molar-refractivity contribution in [3.05, 3.63) is 34.4 Å². The van der Waals surface area contributed by atoms with Crippen molar-refractivity contribution in [3.8, 4) is 5.75 Å². The van der Waals surface area contributed by atoms with Crippen molar-refractivity contribution in [2.24, 2.45) is 5.92 Å². The van der Waals surface area contributed by atoms with Crippen molar-refractivity contribution in [2.45, 2.75) is 12.8 Å². The van der Waals surface area contributed by atoms with Crippen molar-refractivity contribution in [2.75, 3.05) is 26.3 Å². The Morgan fingerprint density at radius 1 is 1.48 bits per heavy atom. The Bertz CT molecular complexity index is 520. The molecule has 1 heterocycles. The van der Waals surface area contributed by atoms with Gasteiger partial charge in [0, 0.05) is 25.8 Å². The number of carbonyl (C=O) groups excluding carboxylic acids is 1. The Morgan fingerprint density at radius 2 is 2.24 bits per heavy atom. The third-order valence-corrected chi connectivity index (χ3v) is 3.54. The zero-order valence-electron chi connectivity index (χ0n) is 11.6. The maximum Gasteiger partial charge on any atom is 0.310 e. The number of aliphatic hydroxyl groups is 1. The molecule has 0 radical (unpaired) electrons. The number of hydrogen-bond acceptors (Lipinski definition) is 5. The maximum absolute atomic E-state index is 12.1. The van der Waals surface area contributed by atoms with Crippen LogP contribution in [0.2, 0.25) is 0 Å². The molecule has 1 aromatic rings. The lowest BCUT2D eigenvalue weighted by atomic mass is 9.99. The van der Waals surface area contributed by atoms with E-state index in [0.29, 0.717) is 13.1 Å². The van der Waals surface area contributed by atoms with E-state index in [-0.39, 0.29) is 36.5 Å². The molecule has 7 nitrogen and oxygen atoms in total. The quantitative estimate of drug-likeness (QED) is 0.650. The van der Waals surface area contributed by atoms with Crippen molar-refractivity contribution in [3.63, 3.8) is 0 Å². The van der Waals surface area contributed by atoms with Crippen LogP contribution in [0.4, 0.5) is 5.69 Å². The minimum Gasteiger partial charge on any atom is -0.477 e. The van der Waals surface area contributed by atoms with Gasteiger partial charge >= 0.3 is 5.69 Å². The van der Waals surface area contributed by atoms with Crippen molar-refractivity contribution >= 4 is 11.6 Å². The van der Waals surface area contributed by atoms with Crippen LogP contribution < -0.4 is 4.74 Å². The zero-order chi connectivity index (χ0) is 15.2. The van der Waals surface area contributed by atoms with Gasteiger partial charge in [-0.15, -0.1) is 0 Å². The average Bonchev–Trinajstić information content (AvgIpc) is 2.52. The Labute approximate surface area is 122 Å². The van der Waals surface area contributed by atoms with Crippen LogP contribution in [0.25, 0.3) is 0 Å². The molecule has 0 bridgehead atoms. The third kappa shape index (κ3) is 3.91. The van der Waals surface area contributed by atoms with Gasteiger partial charge in [0.15, 0.2) is 12.4 Å². The summed E-state index contributed by atoms with van der Waals surface area (Å²) < 4.78 is 5.29. The van der Waals surface area contributed by atoms with E-state index in [9.17, 15) is 14.9 Å². The van der Waals surface area contributed by atoms with Gasteiger partial charge in [0.05, 0.1) is 4.92 Å². The molecule has 1 fully saturated rings. The number of nitro benzene ring substituents is 1. The molecule has 0 aliphatic carbocycles. The first-order valence-electron chi connectivity index (χ1n) is 6.86. The molecule has 7 heteroatoms. The van der Waals surface area contributed by atoms with Crippen molar-refractivity contribution in [1.82, 2.24) is 4.90 Å². The molecule has 1 N–H and O–H groups in total. The molecule has 1 atom stereocenters. The zero-order valence-corrected chi connectivity index (χ0v) is 11.6. The van der Waals surface area contributed by atoms with Gasteiger partial charge in [-0.3, -0.25) is 14.9 Å². The number of ether oxygens (including phenoxy) is 1. The summed E-state index contributed by atoms with van der Waals surface area (Å²) >= 11 is 0. The molecular formula is C14H18N2O5. The number of amides is 1. The van der Waals surface area contributed by atoms with E-state index in [1.54, 1.807) is 17.0 Å². The molecule has 1 aliphatic heterocycles.